The highest BCUT2D eigenvalue weighted by Gasteiger charge is 2.17. The molecular weight excluding hydrogens is 299 g/mol. The van der Waals surface area contributed by atoms with Crippen LogP contribution in [-0.4, -0.2) is 17.9 Å². The Morgan fingerprint density at radius 3 is 2.78 bits per heavy atom. The van der Waals surface area contributed by atoms with Crippen LogP contribution in [0.3, 0.4) is 0 Å². The van der Waals surface area contributed by atoms with E-state index in [4.69, 9.17) is 0 Å². The molecular formula is C13H10BrFN2O. The van der Waals surface area contributed by atoms with Crippen LogP contribution < -0.4 is 4.90 Å². The van der Waals surface area contributed by atoms with E-state index >= 15 is 0 Å². The molecule has 2 aromatic rings. The van der Waals surface area contributed by atoms with Crippen LogP contribution in [0.1, 0.15) is 10.5 Å². The number of pyridine rings is 1. The molecule has 0 N–H and O–H groups in total. The summed E-state index contributed by atoms with van der Waals surface area (Å²) < 4.78 is 13.7. The summed E-state index contributed by atoms with van der Waals surface area (Å²) in [4.78, 5) is 17.6. The smallest absolute Gasteiger partial charge is 0.277 e. The number of amides is 1. The Kier molecular flexibility index (Phi) is 3.72. The van der Waals surface area contributed by atoms with Gasteiger partial charge in [0.2, 0.25) is 0 Å². The molecule has 1 heterocycles. The van der Waals surface area contributed by atoms with Gasteiger partial charge in [0.05, 0.1) is 0 Å². The van der Waals surface area contributed by atoms with Crippen LogP contribution in [0.25, 0.3) is 0 Å². The predicted octanol–water partition coefficient (Wildman–Crippen LogP) is 3.26. The third-order valence-electron chi connectivity index (χ3n) is 2.46. The fourth-order valence-electron chi connectivity index (χ4n) is 1.50. The average molecular weight is 309 g/mol. The Morgan fingerprint density at radius 1 is 1.33 bits per heavy atom. The monoisotopic (exact) mass is 308 g/mol. The lowest BCUT2D eigenvalue weighted by molar-refractivity contribution is 0.0987. The molecule has 0 aliphatic heterocycles. The van der Waals surface area contributed by atoms with E-state index in [0.29, 0.717) is 15.9 Å². The van der Waals surface area contributed by atoms with E-state index in [0.717, 1.165) is 0 Å². The minimum absolute atomic E-state index is 0.296. The van der Waals surface area contributed by atoms with E-state index in [2.05, 4.69) is 20.9 Å². The van der Waals surface area contributed by atoms with Crippen LogP contribution in [0.4, 0.5) is 10.1 Å². The predicted molar refractivity (Wildman–Crippen MR) is 71.1 cm³/mol. The van der Waals surface area contributed by atoms with E-state index < -0.39 is 0 Å². The van der Waals surface area contributed by atoms with Crippen molar-refractivity contribution < 1.29 is 9.18 Å². The van der Waals surface area contributed by atoms with E-state index in [1.165, 1.54) is 23.2 Å². The third kappa shape index (κ3) is 2.56. The lowest BCUT2D eigenvalue weighted by Gasteiger charge is -2.17. The van der Waals surface area contributed by atoms with Crippen LogP contribution in [0.5, 0.6) is 0 Å². The molecule has 0 radical (unpaired) electrons. The van der Waals surface area contributed by atoms with Crippen molar-refractivity contribution in [1.29, 1.82) is 0 Å². The molecule has 1 aromatic carbocycles. The van der Waals surface area contributed by atoms with Crippen molar-refractivity contribution in [2.75, 3.05) is 11.9 Å². The van der Waals surface area contributed by atoms with Gasteiger partial charge < -0.3 is 4.90 Å². The van der Waals surface area contributed by atoms with Gasteiger partial charge in [-0.15, -0.1) is 0 Å². The summed E-state index contributed by atoms with van der Waals surface area (Å²) in [5.74, 6) is -0.680. The molecule has 3 nitrogen and oxygen atoms in total. The Bertz CT molecular complexity index is 589. The summed E-state index contributed by atoms with van der Waals surface area (Å²) in [7, 11) is 1.58. The largest absolute Gasteiger partial charge is 0.310 e. The summed E-state index contributed by atoms with van der Waals surface area (Å²) in [6.45, 7) is 0. The van der Waals surface area contributed by atoms with Gasteiger partial charge in [0, 0.05) is 23.4 Å². The molecule has 1 aromatic heterocycles. The minimum Gasteiger partial charge on any atom is -0.310 e. The first kappa shape index (κ1) is 12.7. The topological polar surface area (TPSA) is 33.2 Å². The van der Waals surface area contributed by atoms with Crippen molar-refractivity contribution in [3.63, 3.8) is 0 Å². The molecule has 18 heavy (non-hydrogen) atoms. The summed E-state index contributed by atoms with van der Waals surface area (Å²) in [6.07, 6.45) is 1.54. The van der Waals surface area contributed by atoms with Crippen LogP contribution in [-0.2, 0) is 0 Å². The highest BCUT2D eigenvalue weighted by molar-refractivity contribution is 9.10. The average Bonchev–Trinajstić information content (AvgIpc) is 2.37. The first-order valence-corrected chi connectivity index (χ1v) is 6.03. The zero-order chi connectivity index (χ0) is 13.1. The number of hydrogen-bond donors (Lipinski definition) is 0. The number of carbonyl (C=O) groups excluding carboxylic acids is 1. The summed E-state index contributed by atoms with van der Waals surface area (Å²) in [5, 5.41) is 0. The van der Waals surface area contributed by atoms with Crippen molar-refractivity contribution >= 4 is 27.5 Å². The lowest BCUT2D eigenvalue weighted by Crippen LogP contribution is -2.27. The van der Waals surface area contributed by atoms with Crippen molar-refractivity contribution in [3.8, 4) is 0 Å². The third-order valence-corrected chi connectivity index (χ3v) is 3.10. The van der Waals surface area contributed by atoms with E-state index in [9.17, 15) is 9.18 Å². The molecule has 2 rings (SSSR count). The number of rotatable bonds is 2. The molecule has 0 saturated carbocycles. The highest BCUT2D eigenvalue weighted by atomic mass is 79.9. The molecule has 0 aliphatic carbocycles. The van der Waals surface area contributed by atoms with E-state index in [1.807, 2.05) is 0 Å². The Hall–Kier alpha value is -1.75. The normalized spacial score (nSPS) is 10.2. The molecule has 92 valence electrons. The maximum atomic E-state index is 13.1. The quantitative estimate of drug-likeness (QED) is 0.853. The molecule has 0 saturated heterocycles. The summed E-state index contributed by atoms with van der Waals surface area (Å²) in [6, 6.07) is 9.32. The number of nitrogens with zero attached hydrogens (tertiary/aromatic N) is 2. The standard InChI is InChI=1S/C13H10BrFN2O/c1-17(10-5-2-4-9(15)8-10)13(18)12-11(14)6-3-7-16-12/h2-8H,1H3. The molecule has 5 heteroatoms. The van der Waals surface area contributed by atoms with Crippen LogP contribution in [0.2, 0.25) is 0 Å². The first-order valence-electron chi connectivity index (χ1n) is 5.24. The van der Waals surface area contributed by atoms with Gasteiger partial charge in [0.25, 0.3) is 5.91 Å². The maximum absolute atomic E-state index is 13.1. The van der Waals surface area contributed by atoms with E-state index in [1.54, 1.807) is 31.3 Å². The highest BCUT2D eigenvalue weighted by Crippen LogP contribution is 2.19. The Morgan fingerprint density at radius 2 is 2.11 bits per heavy atom. The maximum Gasteiger partial charge on any atom is 0.277 e. The zero-order valence-electron chi connectivity index (χ0n) is 9.60. The number of anilines is 1. The van der Waals surface area contributed by atoms with Gasteiger partial charge in [0.1, 0.15) is 11.5 Å². The number of benzene rings is 1. The molecule has 1 amide bonds. The lowest BCUT2D eigenvalue weighted by atomic mass is 10.2. The van der Waals surface area contributed by atoms with Crippen LogP contribution >= 0.6 is 15.9 Å². The van der Waals surface area contributed by atoms with Gasteiger partial charge in [-0.3, -0.25) is 4.79 Å². The fraction of sp³-hybridized carbons (Fsp3) is 0.0769. The van der Waals surface area contributed by atoms with Crippen LogP contribution in [0, 0.1) is 5.82 Å². The summed E-state index contributed by atoms with van der Waals surface area (Å²) in [5.41, 5.74) is 0.779. The Balaban J connectivity index is 2.32. The van der Waals surface area contributed by atoms with Gasteiger partial charge >= 0.3 is 0 Å². The number of aromatic nitrogens is 1. The van der Waals surface area contributed by atoms with E-state index in [-0.39, 0.29) is 11.7 Å². The fourth-order valence-corrected chi connectivity index (χ4v) is 1.93. The van der Waals surface area contributed by atoms with Crippen molar-refractivity contribution in [2.45, 2.75) is 0 Å². The van der Waals surface area contributed by atoms with Gasteiger partial charge in [-0.25, -0.2) is 9.37 Å². The molecule has 0 bridgehead atoms. The van der Waals surface area contributed by atoms with Crippen molar-refractivity contribution in [2.24, 2.45) is 0 Å². The molecule has 0 spiro atoms. The second-order valence-corrected chi connectivity index (χ2v) is 4.53. The Labute approximate surface area is 112 Å². The molecule has 0 fully saturated rings. The van der Waals surface area contributed by atoms with Gasteiger partial charge in [-0.05, 0) is 46.3 Å². The zero-order valence-corrected chi connectivity index (χ0v) is 11.2. The first-order chi connectivity index (χ1) is 8.59. The molecule has 0 unspecified atom stereocenters. The second-order valence-electron chi connectivity index (χ2n) is 3.68. The number of halogens is 2. The van der Waals surface area contributed by atoms with Crippen molar-refractivity contribution in [3.05, 3.63) is 58.6 Å². The SMILES string of the molecule is CN(C(=O)c1ncccc1Br)c1cccc(F)c1. The van der Waals surface area contributed by atoms with Gasteiger partial charge in [-0.2, -0.15) is 0 Å². The number of hydrogen-bond acceptors (Lipinski definition) is 2. The van der Waals surface area contributed by atoms with Crippen molar-refractivity contribution in [1.82, 2.24) is 4.98 Å². The summed E-state index contributed by atoms with van der Waals surface area (Å²) >= 11 is 3.27. The second kappa shape index (κ2) is 5.27. The van der Waals surface area contributed by atoms with Crippen LogP contribution in [0.15, 0.2) is 47.1 Å². The van der Waals surface area contributed by atoms with Gasteiger partial charge in [-0.1, -0.05) is 6.07 Å². The minimum atomic E-state index is -0.382. The van der Waals surface area contributed by atoms with Gasteiger partial charge in [0.15, 0.2) is 0 Å². The number of carbonyl (C=O) groups is 1. The molecule has 0 atom stereocenters. The molecule has 0 aliphatic rings.